The Labute approximate surface area is 151 Å². The number of hydrogen-bond acceptors (Lipinski definition) is 6. The van der Waals surface area contributed by atoms with E-state index in [-0.39, 0.29) is 11.8 Å². The smallest absolute Gasteiger partial charge is 0.227 e. The fourth-order valence-corrected chi connectivity index (χ4v) is 2.80. The van der Waals surface area contributed by atoms with Crippen LogP contribution in [0.3, 0.4) is 0 Å². The summed E-state index contributed by atoms with van der Waals surface area (Å²) in [4.78, 5) is 22.6. The van der Waals surface area contributed by atoms with Gasteiger partial charge in [0.1, 0.15) is 17.3 Å². The van der Waals surface area contributed by atoms with Gasteiger partial charge in [-0.2, -0.15) is 5.10 Å². The molecule has 1 amide bonds. The van der Waals surface area contributed by atoms with Gasteiger partial charge >= 0.3 is 0 Å². The molecule has 0 saturated carbocycles. The molecular weight excluding hydrogens is 332 g/mol. The predicted octanol–water partition coefficient (Wildman–Crippen LogP) is 2.24. The molecule has 0 radical (unpaired) electrons. The van der Waals surface area contributed by atoms with Crippen LogP contribution in [0, 0.1) is 19.8 Å². The molecule has 0 aliphatic heterocycles. The van der Waals surface area contributed by atoms with Gasteiger partial charge in [-0.15, -0.1) is 0 Å². The molecule has 136 valence electrons. The highest BCUT2D eigenvalue weighted by Crippen LogP contribution is 2.19. The van der Waals surface area contributed by atoms with Crippen molar-refractivity contribution >= 4 is 5.91 Å². The minimum absolute atomic E-state index is 0.0110. The standard InChI is InChI=1S/C18H22N6O2/c1-12(10-24-14(3)20-13(2)21-24)18(25)23(4)11-16-8-17(22-26-16)15-6-5-7-19-9-15/h5-9,12H,10-11H2,1-4H3. The second-order valence-corrected chi connectivity index (χ2v) is 6.40. The van der Waals surface area contributed by atoms with Crippen LogP contribution in [0.25, 0.3) is 11.3 Å². The van der Waals surface area contributed by atoms with Gasteiger partial charge in [0.2, 0.25) is 5.91 Å². The van der Waals surface area contributed by atoms with E-state index in [1.807, 2.05) is 39.0 Å². The fraction of sp³-hybridized carbons (Fsp3) is 0.389. The fourth-order valence-electron chi connectivity index (χ4n) is 2.80. The lowest BCUT2D eigenvalue weighted by Crippen LogP contribution is -2.33. The molecule has 3 heterocycles. The number of nitrogens with zero attached hydrogens (tertiary/aromatic N) is 6. The van der Waals surface area contributed by atoms with Crippen molar-refractivity contribution in [2.24, 2.45) is 5.92 Å². The zero-order chi connectivity index (χ0) is 18.7. The van der Waals surface area contributed by atoms with E-state index >= 15 is 0 Å². The minimum Gasteiger partial charge on any atom is -0.359 e. The summed E-state index contributed by atoms with van der Waals surface area (Å²) in [6, 6.07) is 5.58. The molecule has 0 aliphatic rings. The van der Waals surface area contributed by atoms with E-state index in [9.17, 15) is 4.79 Å². The zero-order valence-corrected chi connectivity index (χ0v) is 15.4. The molecule has 0 saturated heterocycles. The number of rotatable bonds is 6. The normalized spacial score (nSPS) is 12.2. The summed E-state index contributed by atoms with van der Waals surface area (Å²) in [6.07, 6.45) is 3.43. The highest BCUT2D eigenvalue weighted by atomic mass is 16.5. The average Bonchev–Trinajstić information content (AvgIpc) is 3.21. The van der Waals surface area contributed by atoms with Crippen molar-refractivity contribution in [1.82, 2.24) is 29.8 Å². The van der Waals surface area contributed by atoms with Crippen LogP contribution in [0.2, 0.25) is 0 Å². The van der Waals surface area contributed by atoms with Crippen LogP contribution in [-0.2, 0) is 17.9 Å². The highest BCUT2D eigenvalue weighted by Gasteiger charge is 2.21. The Hall–Kier alpha value is -3.03. The van der Waals surface area contributed by atoms with Crippen molar-refractivity contribution in [2.75, 3.05) is 7.05 Å². The molecular formula is C18H22N6O2. The average molecular weight is 354 g/mol. The molecule has 1 atom stereocenters. The Morgan fingerprint density at radius 3 is 2.85 bits per heavy atom. The molecule has 1 unspecified atom stereocenters. The largest absolute Gasteiger partial charge is 0.359 e. The van der Waals surface area contributed by atoms with E-state index < -0.39 is 0 Å². The maximum atomic E-state index is 12.6. The van der Waals surface area contributed by atoms with Gasteiger partial charge in [0.05, 0.1) is 19.0 Å². The predicted molar refractivity (Wildman–Crippen MR) is 94.9 cm³/mol. The van der Waals surface area contributed by atoms with Crippen molar-refractivity contribution in [3.63, 3.8) is 0 Å². The lowest BCUT2D eigenvalue weighted by Gasteiger charge is -2.20. The molecule has 0 spiro atoms. The quantitative estimate of drug-likeness (QED) is 0.674. The summed E-state index contributed by atoms with van der Waals surface area (Å²) in [6.45, 7) is 6.46. The number of carbonyl (C=O) groups is 1. The van der Waals surface area contributed by atoms with Gasteiger partial charge in [0.15, 0.2) is 5.76 Å². The first kappa shape index (κ1) is 17.8. The minimum atomic E-state index is -0.222. The zero-order valence-electron chi connectivity index (χ0n) is 15.4. The van der Waals surface area contributed by atoms with E-state index in [0.717, 1.165) is 11.4 Å². The Morgan fingerprint density at radius 1 is 1.38 bits per heavy atom. The van der Waals surface area contributed by atoms with Gasteiger partial charge < -0.3 is 9.42 Å². The molecule has 3 rings (SSSR count). The molecule has 0 aromatic carbocycles. The van der Waals surface area contributed by atoms with Crippen molar-refractivity contribution in [3.8, 4) is 11.3 Å². The molecule has 8 nitrogen and oxygen atoms in total. The van der Waals surface area contributed by atoms with Crippen LogP contribution in [0.5, 0.6) is 0 Å². The Bertz CT molecular complexity index is 886. The summed E-state index contributed by atoms with van der Waals surface area (Å²) in [5.41, 5.74) is 1.58. The lowest BCUT2D eigenvalue weighted by molar-refractivity contribution is -0.135. The summed E-state index contributed by atoms with van der Waals surface area (Å²) >= 11 is 0. The van der Waals surface area contributed by atoms with Crippen molar-refractivity contribution < 1.29 is 9.32 Å². The second-order valence-electron chi connectivity index (χ2n) is 6.40. The van der Waals surface area contributed by atoms with E-state index in [1.165, 1.54) is 0 Å². The van der Waals surface area contributed by atoms with Gasteiger partial charge in [-0.05, 0) is 26.0 Å². The van der Waals surface area contributed by atoms with Gasteiger partial charge in [-0.3, -0.25) is 9.78 Å². The van der Waals surface area contributed by atoms with Crippen LogP contribution in [0.15, 0.2) is 35.1 Å². The molecule has 0 fully saturated rings. The van der Waals surface area contributed by atoms with Gasteiger partial charge in [0, 0.05) is 31.1 Å². The SMILES string of the molecule is Cc1nc(C)n(CC(C)C(=O)N(C)Cc2cc(-c3cccnc3)no2)n1. The monoisotopic (exact) mass is 354 g/mol. The van der Waals surface area contributed by atoms with Crippen LogP contribution in [0.1, 0.15) is 24.3 Å². The maximum Gasteiger partial charge on any atom is 0.227 e. The van der Waals surface area contributed by atoms with E-state index in [0.29, 0.717) is 30.4 Å². The lowest BCUT2D eigenvalue weighted by atomic mass is 10.1. The third kappa shape index (κ3) is 3.96. The molecule has 3 aromatic heterocycles. The Balaban J connectivity index is 1.62. The summed E-state index contributed by atoms with van der Waals surface area (Å²) in [5.74, 6) is 1.93. The third-order valence-electron chi connectivity index (χ3n) is 4.12. The summed E-state index contributed by atoms with van der Waals surface area (Å²) < 4.78 is 7.13. The van der Waals surface area contributed by atoms with Crippen LogP contribution >= 0.6 is 0 Å². The number of aryl methyl sites for hydroxylation is 2. The molecule has 0 N–H and O–H groups in total. The van der Waals surface area contributed by atoms with Crippen molar-refractivity contribution in [1.29, 1.82) is 0 Å². The first-order valence-electron chi connectivity index (χ1n) is 8.43. The third-order valence-corrected chi connectivity index (χ3v) is 4.12. The Morgan fingerprint density at radius 2 is 2.19 bits per heavy atom. The van der Waals surface area contributed by atoms with E-state index in [1.54, 1.807) is 29.0 Å². The molecule has 0 aliphatic carbocycles. The number of pyridine rings is 1. The van der Waals surface area contributed by atoms with Crippen LogP contribution < -0.4 is 0 Å². The van der Waals surface area contributed by atoms with Crippen molar-refractivity contribution in [2.45, 2.75) is 33.9 Å². The molecule has 8 heteroatoms. The van der Waals surface area contributed by atoms with Crippen LogP contribution in [0.4, 0.5) is 0 Å². The van der Waals surface area contributed by atoms with Crippen LogP contribution in [-0.4, -0.2) is 42.8 Å². The maximum absolute atomic E-state index is 12.6. The molecule has 26 heavy (non-hydrogen) atoms. The van der Waals surface area contributed by atoms with E-state index in [2.05, 4.69) is 20.2 Å². The summed E-state index contributed by atoms with van der Waals surface area (Å²) in [7, 11) is 1.75. The second kappa shape index (κ2) is 7.47. The summed E-state index contributed by atoms with van der Waals surface area (Å²) in [5, 5.41) is 8.36. The van der Waals surface area contributed by atoms with Gasteiger partial charge in [-0.25, -0.2) is 9.67 Å². The molecule has 0 bridgehead atoms. The molecule has 3 aromatic rings. The Kier molecular flexibility index (Phi) is 5.11. The first-order chi connectivity index (χ1) is 12.4. The number of amides is 1. The first-order valence-corrected chi connectivity index (χ1v) is 8.43. The highest BCUT2D eigenvalue weighted by molar-refractivity contribution is 5.78. The topological polar surface area (TPSA) is 89.9 Å². The van der Waals surface area contributed by atoms with Gasteiger partial charge in [0.25, 0.3) is 0 Å². The number of carbonyl (C=O) groups excluding carboxylic acids is 1. The number of aromatic nitrogens is 5. The van der Waals surface area contributed by atoms with Crippen molar-refractivity contribution in [3.05, 3.63) is 48.0 Å². The van der Waals surface area contributed by atoms with Gasteiger partial charge in [-0.1, -0.05) is 12.1 Å². The van der Waals surface area contributed by atoms with E-state index in [4.69, 9.17) is 4.52 Å². The number of hydrogen-bond donors (Lipinski definition) is 0.